The quantitative estimate of drug-likeness (QED) is 0.157. The van der Waals surface area contributed by atoms with Gasteiger partial charge in [0.1, 0.15) is 23.7 Å². The number of anilines is 1. The van der Waals surface area contributed by atoms with E-state index in [0.717, 1.165) is 37.8 Å². The Morgan fingerprint density at radius 3 is 2.38 bits per heavy atom. The van der Waals surface area contributed by atoms with Crippen LogP contribution in [0.15, 0.2) is 88.9 Å². The van der Waals surface area contributed by atoms with Crippen LogP contribution >= 0.6 is 28.1 Å². The first-order valence-electron chi connectivity index (χ1n) is 12.1. The number of benzene rings is 3. The zero-order valence-electron chi connectivity index (χ0n) is 21.1. The van der Waals surface area contributed by atoms with Gasteiger partial charge in [-0.15, -0.1) is 0 Å². The van der Waals surface area contributed by atoms with Crippen LogP contribution in [-0.2, 0) is 16.2 Å². The third-order valence-electron chi connectivity index (χ3n) is 6.38. The molecule has 5 rings (SSSR count). The third kappa shape index (κ3) is 5.41. The van der Waals surface area contributed by atoms with Gasteiger partial charge in [-0.25, -0.2) is 9.29 Å². The summed E-state index contributed by atoms with van der Waals surface area (Å²) in [5, 5.41) is 2.33. The number of rotatable bonds is 6. The Morgan fingerprint density at radius 2 is 1.69 bits per heavy atom. The zero-order valence-corrected chi connectivity index (χ0v) is 23.5. The highest BCUT2D eigenvalue weighted by molar-refractivity contribution is 9.10. The molecule has 1 fully saturated rings. The molecule has 1 aliphatic heterocycles. The van der Waals surface area contributed by atoms with Crippen LogP contribution in [0.3, 0.4) is 0 Å². The van der Waals surface area contributed by atoms with E-state index in [-0.39, 0.29) is 16.4 Å². The summed E-state index contributed by atoms with van der Waals surface area (Å²) in [6.07, 6.45) is 1.52. The number of carbonyl (C=O) groups is 2. The van der Waals surface area contributed by atoms with Crippen LogP contribution < -0.4 is 15.0 Å². The summed E-state index contributed by atoms with van der Waals surface area (Å²) in [6, 6.07) is 23.3. The molecule has 0 aliphatic carbocycles. The summed E-state index contributed by atoms with van der Waals surface area (Å²) in [7, 11) is 0. The second-order valence-corrected chi connectivity index (χ2v) is 10.3. The van der Waals surface area contributed by atoms with Gasteiger partial charge in [0, 0.05) is 21.5 Å². The monoisotopic (exact) mass is 603 g/mol. The van der Waals surface area contributed by atoms with Crippen molar-refractivity contribution in [2.75, 3.05) is 4.90 Å². The van der Waals surface area contributed by atoms with Gasteiger partial charge < -0.3 is 9.30 Å². The van der Waals surface area contributed by atoms with Crippen LogP contribution in [0.25, 0.3) is 11.8 Å². The molecular formula is C30H23BrFN3O3S. The number of halogens is 2. The molecule has 0 spiro atoms. The largest absolute Gasteiger partial charge is 0.489 e. The normalized spacial score (nSPS) is 14.6. The molecule has 4 aromatic rings. The van der Waals surface area contributed by atoms with E-state index in [1.807, 2.05) is 73.0 Å². The molecule has 6 nitrogen and oxygen atoms in total. The number of hydrogen-bond acceptors (Lipinski definition) is 4. The average Bonchev–Trinajstić information content (AvgIpc) is 3.20. The van der Waals surface area contributed by atoms with Gasteiger partial charge in [-0.05, 0) is 97.9 Å². The Morgan fingerprint density at radius 1 is 1.00 bits per heavy atom. The van der Waals surface area contributed by atoms with Crippen LogP contribution in [0.4, 0.5) is 10.1 Å². The average molecular weight is 605 g/mol. The molecule has 9 heteroatoms. The van der Waals surface area contributed by atoms with Crippen molar-refractivity contribution >= 4 is 56.8 Å². The first-order valence-corrected chi connectivity index (χ1v) is 13.3. The molecule has 0 saturated carbocycles. The molecule has 196 valence electrons. The Bertz CT molecular complexity index is 1630. The molecule has 0 bridgehead atoms. The van der Waals surface area contributed by atoms with Crippen LogP contribution in [0.5, 0.6) is 5.75 Å². The maximum Gasteiger partial charge on any atom is 0.270 e. The first-order chi connectivity index (χ1) is 18.7. The highest BCUT2D eigenvalue weighted by atomic mass is 79.9. The van der Waals surface area contributed by atoms with Crippen molar-refractivity contribution in [1.29, 1.82) is 0 Å². The van der Waals surface area contributed by atoms with E-state index >= 15 is 0 Å². The molecule has 1 aromatic heterocycles. The van der Waals surface area contributed by atoms with Gasteiger partial charge in [0.2, 0.25) is 0 Å². The summed E-state index contributed by atoms with van der Waals surface area (Å²) in [4.78, 5) is 27.1. The number of para-hydroxylation sites is 1. The maximum atomic E-state index is 14.5. The van der Waals surface area contributed by atoms with E-state index in [2.05, 4.69) is 21.2 Å². The van der Waals surface area contributed by atoms with E-state index in [4.69, 9.17) is 17.0 Å². The lowest BCUT2D eigenvalue weighted by molar-refractivity contribution is -0.122. The van der Waals surface area contributed by atoms with E-state index in [9.17, 15) is 14.0 Å². The predicted octanol–water partition coefficient (Wildman–Crippen LogP) is 6.41. The fourth-order valence-corrected chi connectivity index (χ4v) is 4.97. The number of thiocarbonyl (C=S) groups is 1. The van der Waals surface area contributed by atoms with Crippen molar-refractivity contribution in [3.8, 4) is 11.4 Å². The minimum atomic E-state index is -0.689. The first kappa shape index (κ1) is 26.5. The van der Waals surface area contributed by atoms with Gasteiger partial charge in [0.25, 0.3) is 11.8 Å². The van der Waals surface area contributed by atoms with E-state index < -0.39 is 17.6 Å². The fraction of sp³-hybridized carbons (Fsp3) is 0.100. The smallest absolute Gasteiger partial charge is 0.270 e. The predicted molar refractivity (Wildman–Crippen MR) is 156 cm³/mol. The SMILES string of the molecule is Cc1cc(/C=C2\C(=O)NC(=S)N(c3ccccc3F)C2=O)c(C)n1-c1ccc(OCc2ccc(Br)cc2)cc1. The van der Waals surface area contributed by atoms with Gasteiger partial charge in [-0.3, -0.25) is 14.9 Å². The molecule has 0 radical (unpaired) electrons. The fourth-order valence-electron chi connectivity index (χ4n) is 4.43. The molecule has 2 amide bonds. The standard InChI is InChI=1S/C30H23BrFN3O3S/c1-18-15-21(16-25-28(36)33-30(39)35(29(25)37)27-6-4-3-5-26(27)32)19(2)34(18)23-11-13-24(14-12-23)38-17-20-7-9-22(31)10-8-20/h3-16H,17H2,1-2H3,(H,33,36,39)/b25-16+. The number of hydrogen-bond donors (Lipinski definition) is 1. The van der Waals surface area contributed by atoms with Crippen LogP contribution in [0.1, 0.15) is 22.5 Å². The number of nitrogens with one attached hydrogen (secondary N) is 1. The summed E-state index contributed by atoms with van der Waals surface area (Å²) in [5.41, 5.74) is 4.23. The second kappa shape index (κ2) is 11.0. The minimum Gasteiger partial charge on any atom is -0.489 e. The Hall–Kier alpha value is -4.08. The molecule has 2 heterocycles. The van der Waals surface area contributed by atoms with Crippen molar-refractivity contribution in [2.45, 2.75) is 20.5 Å². The minimum absolute atomic E-state index is 0.0219. The van der Waals surface area contributed by atoms with Gasteiger partial charge in [0.05, 0.1) is 5.69 Å². The van der Waals surface area contributed by atoms with Crippen molar-refractivity contribution < 1.29 is 18.7 Å². The molecular weight excluding hydrogens is 581 g/mol. The third-order valence-corrected chi connectivity index (χ3v) is 7.19. The summed E-state index contributed by atoms with van der Waals surface area (Å²) >= 11 is 8.61. The van der Waals surface area contributed by atoms with Crippen molar-refractivity contribution in [2.24, 2.45) is 0 Å². The Kier molecular flexibility index (Phi) is 7.45. The Labute approximate surface area is 238 Å². The highest BCUT2D eigenvalue weighted by Gasteiger charge is 2.35. The lowest BCUT2D eigenvalue weighted by Gasteiger charge is -2.29. The van der Waals surface area contributed by atoms with Crippen molar-refractivity contribution in [3.63, 3.8) is 0 Å². The number of nitrogens with zero attached hydrogens (tertiary/aromatic N) is 2. The van der Waals surface area contributed by atoms with Gasteiger partial charge in [-0.1, -0.05) is 40.2 Å². The summed E-state index contributed by atoms with van der Waals surface area (Å²) in [5.74, 6) is -1.20. The highest BCUT2D eigenvalue weighted by Crippen LogP contribution is 2.28. The van der Waals surface area contributed by atoms with Gasteiger partial charge in [-0.2, -0.15) is 0 Å². The molecule has 3 aromatic carbocycles. The number of aryl methyl sites for hydroxylation is 1. The molecule has 1 N–H and O–H groups in total. The van der Waals surface area contributed by atoms with Gasteiger partial charge in [0.15, 0.2) is 5.11 Å². The van der Waals surface area contributed by atoms with Gasteiger partial charge >= 0.3 is 0 Å². The van der Waals surface area contributed by atoms with E-state index in [1.54, 1.807) is 6.07 Å². The number of carbonyl (C=O) groups excluding carboxylic acids is 2. The molecule has 1 aliphatic rings. The molecule has 1 saturated heterocycles. The zero-order chi connectivity index (χ0) is 27.7. The number of amides is 2. The second-order valence-electron chi connectivity index (χ2n) is 8.98. The van der Waals surface area contributed by atoms with Crippen LogP contribution in [0.2, 0.25) is 0 Å². The van der Waals surface area contributed by atoms with E-state index in [1.165, 1.54) is 24.3 Å². The molecule has 39 heavy (non-hydrogen) atoms. The van der Waals surface area contributed by atoms with Crippen molar-refractivity contribution in [1.82, 2.24) is 9.88 Å². The molecule has 0 unspecified atom stereocenters. The van der Waals surface area contributed by atoms with Crippen LogP contribution in [0, 0.1) is 19.7 Å². The van der Waals surface area contributed by atoms with E-state index in [0.29, 0.717) is 12.2 Å². The molecule has 0 atom stereocenters. The Balaban J connectivity index is 1.40. The van der Waals surface area contributed by atoms with Crippen LogP contribution in [-0.4, -0.2) is 21.5 Å². The summed E-state index contributed by atoms with van der Waals surface area (Å²) in [6.45, 7) is 4.30. The lowest BCUT2D eigenvalue weighted by Crippen LogP contribution is -2.54. The number of aromatic nitrogens is 1. The summed E-state index contributed by atoms with van der Waals surface area (Å²) < 4.78 is 23.4. The topological polar surface area (TPSA) is 63.6 Å². The van der Waals surface area contributed by atoms with Crippen molar-refractivity contribution in [3.05, 3.63) is 117 Å². The number of ether oxygens (including phenoxy) is 1. The maximum absolute atomic E-state index is 14.5. The lowest BCUT2D eigenvalue weighted by atomic mass is 10.1.